The van der Waals surface area contributed by atoms with E-state index in [1.54, 1.807) is 17.4 Å². The Labute approximate surface area is 105 Å². The number of thiazole rings is 1. The minimum Gasteiger partial charge on any atom is -0.308 e. The molecule has 4 heteroatoms. The van der Waals surface area contributed by atoms with Crippen molar-refractivity contribution in [3.8, 4) is 0 Å². The van der Waals surface area contributed by atoms with Crippen LogP contribution in [0, 0.1) is 5.82 Å². The molecule has 0 spiro atoms. The highest BCUT2D eigenvalue weighted by atomic mass is 32.1. The minimum atomic E-state index is -0.129. The quantitative estimate of drug-likeness (QED) is 0.881. The van der Waals surface area contributed by atoms with Gasteiger partial charge in [0.05, 0.1) is 11.2 Å². The lowest BCUT2D eigenvalue weighted by Gasteiger charge is -2.11. The molecule has 1 aromatic carbocycles. The monoisotopic (exact) mass is 250 g/mol. The molecule has 1 heterocycles. The molecule has 2 nitrogen and oxygen atoms in total. The van der Waals surface area contributed by atoms with E-state index in [0.717, 1.165) is 17.8 Å². The summed E-state index contributed by atoms with van der Waals surface area (Å²) in [4.78, 5) is 4.24. The van der Waals surface area contributed by atoms with Gasteiger partial charge >= 0.3 is 0 Å². The first-order valence-corrected chi connectivity index (χ1v) is 6.56. The molecule has 0 amide bonds. The summed E-state index contributed by atoms with van der Waals surface area (Å²) >= 11 is 1.59. The smallest absolute Gasteiger partial charge is 0.126 e. The van der Waals surface area contributed by atoms with E-state index in [1.165, 1.54) is 6.07 Å². The van der Waals surface area contributed by atoms with Crippen LogP contribution in [-0.4, -0.2) is 11.5 Å². The van der Waals surface area contributed by atoms with E-state index < -0.39 is 0 Å². The number of nitrogens with one attached hydrogen (secondary N) is 1. The Balaban J connectivity index is 1.82. The lowest BCUT2D eigenvalue weighted by molar-refractivity contribution is 0.552. The maximum atomic E-state index is 13.3. The largest absolute Gasteiger partial charge is 0.308 e. The van der Waals surface area contributed by atoms with Crippen molar-refractivity contribution in [3.05, 3.63) is 52.2 Å². The number of hydrogen-bond donors (Lipinski definition) is 1. The third kappa shape index (κ3) is 3.35. The number of benzene rings is 1. The molecule has 1 N–H and O–H groups in total. The first kappa shape index (κ1) is 12.2. The molecular weight excluding hydrogens is 235 g/mol. The van der Waals surface area contributed by atoms with Crippen LogP contribution in [0.5, 0.6) is 0 Å². The van der Waals surface area contributed by atoms with Crippen molar-refractivity contribution < 1.29 is 4.39 Å². The van der Waals surface area contributed by atoms with Crippen LogP contribution in [-0.2, 0) is 6.42 Å². The second-order valence-corrected chi connectivity index (χ2v) is 4.65. The summed E-state index contributed by atoms with van der Waals surface area (Å²) in [5, 5.41) is 5.37. The molecule has 17 heavy (non-hydrogen) atoms. The number of nitrogens with zero attached hydrogens (tertiary/aromatic N) is 1. The van der Waals surface area contributed by atoms with E-state index in [-0.39, 0.29) is 11.9 Å². The normalized spacial score (nSPS) is 12.6. The van der Waals surface area contributed by atoms with Gasteiger partial charge in [-0.25, -0.2) is 9.37 Å². The highest BCUT2D eigenvalue weighted by molar-refractivity contribution is 7.07. The second-order valence-electron chi connectivity index (χ2n) is 3.93. The zero-order valence-corrected chi connectivity index (χ0v) is 10.5. The van der Waals surface area contributed by atoms with Gasteiger partial charge in [-0.2, -0.15) is 0 Å². The van der Waals surface area contributed by atoms with Gasteiger partial charge in [0.1, 0.15) is 5.82 Å². The fourth-order valence-electron chi connectivity index (χ4n) is 1.66. The lowest BCUT2D eigenvalue weighted by atomic mass is 10.1. The molecule has 1 unspecified atom stereocenters. The topological polar surface area (TPSA) is 24.9 Å². The first-order chi connectivity index (χ1) is 8.27. The Morgan fingerprint density at radius 2 is 2.24 bits per heavy atom. The maximum Gasteiger partial charge on any atom is 0.126 e. The molecule has 1 atom stereocenters. The Kier molecular flexibility index (Phi) is 4.23. The van der Waals surface area contributed by atoms with Crippen LogP contribution in [0.25, 0.3) is 0 Å². The van der Waals surface area contributed by atoms with Crippen molar-refractivity contribution in [2.75, 3.05) is 6.54 Å². The molecule has 0 aliphatic rings. The Bertz CT molecular complexity index is 456. The van der Waals surface area contributed by atoms with Crippen LogP contribution in [0.3, 0.4) is 0 Å². The zero-order chi connectivity index (χ0) is 12.1. The summed E-state index contributed by atoms with van der Waals surface area (Å²) < 4.78 is 13.3. The van der Waals surface area contributed by atoms with Crippen molar-refractivity contribution >= 4 is 11.3 Å². The predicted molar refractivity (Wildman–Crippen MR) is 68.6 cm³/mol. The molecule has 0 aliphatic carbocycles. The molecule has 0 aliphatic heterocycles. The van der Waals surface area contributed by atoms with Gasteiger partial charge in [0.2, 0.25) is 0 Å². The molecule has 0 fully saturated rings. The van der Waals surface area contributed by atoms with Gasteiger partial charge in [0.25, 0.3) is 0 Å². The van der Waals surface area contributed by atoms with E-state index in [0.29, 0.717) is 6.42 Å². The van der Waals surface area contributed by atoms with E-state index in [2.05, 4.69) is 17.2 Å². The van der Waals surface area contributed by atoms with Crippen molar-refractivity contribution in [1.29, 1.82) is 0 Å². The summed E-state index contributed by atoms with van der Waals surface area (Å²) in [6, 6.07) is 7.11. The summed E-state index contributed by atoms with van der Waals surface area (Å²) in [6.45, 7) is 2.82. The van der Waals surface area contributed by atoms with Gasteiger partial charge in [0.15, 0.2) is 0 Å². The van der Waals surface area contributed by atoms with Gasteiger partial charge in [0, 0.05) is 11.4 Å². The highest BCUT2D eigenvalue weighted by Gasteiger charge is 2.06. The van der Waals surface area contributed by atoms with Gasteiger partial charge in [-0.3, -0.25) is 0 Å². The molecule has 1 aromatic heterocycles. The number of hydrogen-bond acceptors (Lipinski definition) is 3. The van der Waals surface area contributed by atoms with Crippen molar-refractivity contribution in [3.63, 3.8) is 0 Å². The highest BCUT2D eigenvalue weighted by Crippen LogP contribution is 2.12. The fraction of sp³-hybridized carbons (Fsp3) is 0.308. The van der Waals surface area contributed by atoms with Crippen molar-refractivity contribution in [1.82, 2.24) is 10.3 Å². The third-order valence-corrected chi connectivity index (χ3v) is 3.30. The Morgan fingerprint density at radius 1 is 1.41 bits per heavy atom. The third-order valence-electron chi connectivity index (χ3n) is 2.70. The molecule has 90 valence electrons. The van der Waals surface area contributed by atoms with E-state index in [1.807, 2.05) is 23.0 Å². The van der Waals surface area contributed by atoms with Crippen LogP contribution in [0.15, 0.2) is 35.2 Å². The average Bonchev–Trinajstić information content (AvgIpc) is 2.85. The Morgan fingerprint density at radius 3 is 2.94 bits per heavy atom. The van der Waals surface area contributed by atoms with E-state index >= 15 is 0 Å². The molecule has 2 rings (SSSR count). The Hall–Kier alpha value is -1.26. The summed E-state index contributed by atoms with van der Waals surface area (Å²) in [5.41, 5.74) is 3.62. The SMILES string of the molecule is CC(NCCc1ccccc1F)c1cscn1. The van der Waals surface area contributed by atoms with Gasteiger partial charge in [-0.15, -0.1) is 11.3 Å². The van der Waals surface area contributed by atoms with Crippen LogP contribution in [0.4, 0.5) is 4.39 Å². The maximum absolute atomic E-state index is 13.3. The fourth-order valence-corrected chi connectivity index (χ4v) is 2.31. The second kappa shape index (κ2) is 5.89. The van der Waals surface area contributed by atoms with Crippen molar-refractivity contribution in [2.45, 2.75) is 19.4 Å². The van der Waals surface area contributed by atoms with Gasteiger partial charge in [-0.1, -0.05) is 18.2 Å². The minimum absolute atomic E-state index is 0.129. The molecule has 0 saturated carbocycles. The molecule has 0 saturated heterocycles. The lowest BCUT2D eigenvalue weighted by Crippen LogP contribution is -2.21. The summed E-state index contributed by atoms with van der Waals surface area (Å²) in [5.74, 6) is -0.129. The number of rotatable bonds is 5. The summed E-state index contributed by atoms with van der Waals surface area (Å²) in [7, 11) is 0. The summed E-state index contributed by atoms with van der Waals surface area (Å²) in [6.07, 6.45) is 0.696. The van der Waals surface area contributed by atoms with E-state index in [4.69, 9.17) is 0 Å². The molecule has 0 radical (unpaired) electrons. The average molecular weight is 250 g/mol. The van der Waals surface area contributed by atoms with Crippen LogP contribution in [0.1, 0.15) is 24.2 Å². The van der Waals surface area contributed by atoms with Crippen LogP contribution >= 0.6 is 11.3 Å². The van der Waals surface area contributed by atoms with Crippen LogP contribution in [0.2, 0.25) is 0 Å². The van der Waals surface area contributed by atoms with Gasteiger partial charge in [-0.05, 0) is 31.5 Å². The molecular formula is C13H15FN2S. The van der Waals surface area contributed by atoms with E-state index in [9.17, 15) is 4.39 Å². The predicted octanol–water partition coefficient (Wildman–Crippen LogP) is 3.18. The van der Waals surface area contributed by atoms with Gasteiger partial charge < -0.3 is 5.32 Å². The molecule has 0 bridgehead atoms. The standard InChI is InChI=1S/C13H15FN2S/c1-10(13-8-17-9-16-13)15-7-6-11-4-2-3-5-12(11)14/h2-5,8-10,15H,6-7H2,1H3. The van der Waals surface area contributed by atoms with Crippen LogP contribution < -0.4 is 5.32 Å². The molecule has 2 aromatic rings. The van der Waals surface area contributed by atoms with Crippen molar-refractivity contribution in [2.24, 2.45) is 0 Å². The number of aromatic nitrogens is 1. The zero-order valence-electron chi connectivity index (χ0n) is 9.69. The number of halogens is 1. The first-order valence-electron chi connectivity index (χ1n) is 5.62.